The van der Waals surface area contributed by atoms with Crippen molar-refractivity contribution in [2.45, 2.75) is 45.3 Å². The fourth-order valence-corrected chi connectivity index (χ4v) is 3.19. The normalized spacial score (nSPS) is 11.4. The third kappa shape index (κ3) is 5.79. The van der Waals surface area contributed by atoms with Crippen molar-refractivity contribution in [2.24, 2.45) is 0 Å². The summed E-state index contributed by atoms with van der Waals surface area (Å²) in [5.41, 5.74) is 0. The lowest BCUT2D eigenvalue weighted by molar-refractivity contribution is -0.140. The van der Waals surface area contributed by atoms with Gasteiger partial charge in [0.2, 0.25) is 8.41 Å². The van der Waals surface area contributed by atoms with E-state index in [2.05, 4.69) is 0 Å². The SMILES string of the molecule is CC[Si](F)(CC)CCCOC(C)=O. The quantitative estimate of drug-likeness (QED) is 0.289. The summed E-state index contributed by atoms with van der Waals surface area (Å²) in [5.74, 6) is -0.279. The fraction of sp³-hybridized carbons (Fsp3) is 0.889. The highest BCUT2D eigenvalue weighted by Gasteiger charge is 2.28. The second-order valence-electron chi connectivity index (χ2n) is 3.30. The molecule has 0 aromatic rings. The molecule has 0 aromatic carbocycles. The van der Waals surface area contributed by atoms with Gasteiger partial charge >= 0.3 is 5.97 Å². The molecule has 0 bridgehead atoms. The van der Waals surface area contributed by atoms with Gasteiger partial charge in [-0.3, -0.25) is 4.79 Å². The Morgan fingerprint density at radius 3 is 2.31 bits per heavy atom. The molecule has 0 heterocycles. The number of carbonyl (C=O) groups is 1. The first-order valence-electron chi connectivity index (χ1n) is 4.86. The molecule has 0 aliphatic heterocycles. The standard InChI is InChI=1S/C9H19FO2Si/c1-4-13(10,5-2)8-6-7-12-9(3)11/h4-8H2,1-3H3. The Hall–Kier alpha value is -0.383. The number of esters is 1. The van der Waals surface area contributed by atoms with Gasteiger partial charge in [0, 0.05) is 6.92 Å². The number of hydrogen-bond donors (Lipinski definition) is 0. The van der Waals surface area contributed by atoms with Crippen LogP contribution >= 0.6 is 0 Å². The molecule has 0 aliphatic rings. The van der Waals surface area contributed by atoms with Crippen LogP contribution in [0, 0.1) is 0 Å². The van der Waals surface area contributed by atoms with Gasteiger partial charge in [-0.15, -0.1) is 0 Å². The smallest absolute Gasteiger partial charge is 0.302 e. The summed E-state index contributed by atoms with van der Waals surface area (Å²) in [7, 11) is -2.46. The fourth-order valence-electron chi connectivity index (χ4n) is 1.21. The second-order valence-corrected chi connectivity index (χ2v) is 7.52. The molecule has 0 saturated carbocycles. The van der Waals surface area contributed by atoms with Crippen LogP contribution < -0.4 is 0 Å². The Labute approximate surface area is 80.7 Å². The first-order chi connectivity index (χ1) is 6.04. The Morgan fingerprint density at radius 1 is 1.38 bits per heavy atom. The minimum absolute atomic E-state index is 0.279. The molecule has 0 spiro atoms. The predicted molar refractivity (Wildman–Crippen MR) is 53.9 cm³/mol. The van der Waals surface area contributed by atoms with Crippen molar-refractivity contribution >= 4 is 14.4 Å². The monoisotopic (exact) mass is 206 g/mol. The lowest BCUT2D eigenvalue weighted by Gasteiger charge is -2.17. The van der Waals surface area contributed by atoms with E-state index in [4.69, 9.17) is 4.74 Å². The molecule has 4 heteroatoms. The Balaban J connectivity index is 3.55. The van der Waals surface area contributed by atoms with Gasteiger partial charge in [-0.1, -0.05) is 13.8 Å². The summed E-state index contributed by atoms with van der Waals surface area (Å²) in [6, 6.07) is 1.96. The second kappa shape index (κ2) is 6.13. The van der Waals surface area contributed by atoms with E-state index >= 15 is 0 Å². The van der Waals surface area contributed by atoms with E-state index in [0.29, 0.717) is 31.2 Å². The zero-order valence-electron chi connectivity index (χ0n) is 8.73. The molecule has 0 aromatic heterocycles. The van der Waals surface area contributed by atoms with Crippen molar-refractivity contribution in [1.82, 2.24) is 0 Å². The maximum atomic E-state index is 13.8. The van der Waals surface area contributed by atoms with E-state index in [1.165, 1.54) is 6.92 Å². The molecule has 0 atom stereocenters. The molecule has 0 rings (SSSR count). The van der Waals surface area contributed by atoms with Crippen molar-refractivity contribution in [3.63, 3.8) is 0 Å². The molecule has 0 unspecified atom stereocenters. The van der Waals surface area contributed by atoms with Gasteiger partial charge in [0.05, 0.1) is 6.61 Å². The molecule has 0 aliphatic carbocycles. The van der Waals surface area contributed by atoms with Crippen LogP contribution in [0.1, 0.15) is 27.2 Å². The summed E-state index contributed by atoms with van der Waals surface area (Å²) in [6.45, 7) is 5.55. The van der Waals surface area contributed by atoms with Crippen LogP contribution in [0.15, 0.2) is 0 Å². The van der Waals surface area contributed by atoms with Gasteiger partial charge in [0.1, 0.15) is 0 Å². The number of ether oxygens (including phenoxy) is 1. The van der Waals surface area contributed by atoms with Gasteiger partial charge in [-0.2, -0.15) is 0 Å². The van der Waals surface area contributed by atoms with Crippen LogP contribution in [0.2, 0.25) is 18.1 Å². The highest BCUT2D eigenvalue weighted by atomic mass is 28.4. The van der Waals surface area contributed by atoms with Crippen molar-refractivity contribution in [2.75, 3.05) is 6.61 Å². The predicted octanol–water partition coefficient (Wildman–Crippen LogP) is 2.89. The average molecular weight is 206 g/mol. The van der Waals surface area contributed by atoms with E-state index in [1.54, 1.807) is 0 Å². The summed E-state index contributed by atoms with van der Waals surface area (Å²) < 4.78 is 18.5. The summed E-state index contributed by atoms with van der Waals surface area (Å²) in [4.78, 5) is 10.4. The van der Waals surface area contributed by atoms with Crippen molar-refractivity contribution in [1.29, 1.82) is 0 Å². The minimum atomic E-state index is -2.46. The van der Waals surface area contributed by atoms with Crippen LogP contribution in [0.25, 0.3) is 0 Å². The van der Waals surface area contributed by atoms with E-state index in [-0.39, 0.29) is 5.97 Å². The Bertz CT molecular complexity index is 158. The van der Waals surface area contributed by atoms with Gasteiger partial charge < -0.3 is 8.84 Å². The highest BCUT2D eigenvalue weighted by Crippen LogP contribution is 2.23. The molecule has 0 saturated heterocycles. The molecule has 0 radical (unpaired) electrons. The lowest BCUT2D eigenvalue weighted by atomic mass is 10.5. The summed E-state index contributed by atoms with van der Waals surface area (Å²) in [5, 5.41) is 0. The lowest BCUT2D eigenvalue weighted by Crippen LogP contribution is -2.26. The number of rotatable bonds is 6. The molecule has 2 nitrogen and oxygen atoms in total. The number of carbonyl (C=O) groups excluding carboxylic acids is 1. The summed E-state index contributed by atoms with van der Waals surface area (Å²) >= 11 is 0. The molecular weight excluding hydrogens is 187 g/mol. The van der Waals surface area contributed by atoms with Gasteiger partial charge in [0.15, 0.2) is 0 Å². The minimum Gasteiger partial charge on any atom is -0.466 e. The van der Waals surface area contributed by atoms with Gasteiger partial charge in [-0.05, 0) is 24.6 Å². The van der Waals surface area contributed by atoms with E-state index < -0.39 is 8.41 Å². The Kier molecular flexibility index (Phi) is 5.95. The topological polar surface area (TPSA) is 26.3 Å². The van der Waals surface area contributed by atoms with Crippen LogP contribution in [0.3, 0.4) is 0 Å². The van der Waals surface area contributed by atoms with Gasteiger partial charge in [-0.25, -0.2) is 0 Å². The van der Waals surface area contributed by atoms with E-state index in [0.717, 1.165) is 0 Å². The molecule has 0 fully saturated rings. The van der Waals surface area contributed by atoms with Crippen LogP contribution in [-0.2, 0) is 9.53 Å². The van der Waals surface area contributed by atoms with Crippen LogP contribution in [-0.4, -0.2) is 21.0 Å². The average Bonchev–Trinajstić information content (AvgIpc) is 2.12. The van der Waals surface area contributed by atoms with Gasteiger partial charge in [0.25, 0.3) is 0 Å². The first kappa shape index (κ1) is 12.6. The van der Waals surface area contributed by atoms with Crippen molar-refractivity contribution < 1.29 is 13.6 Å². The molecule has 78 valence electrons. The van der Waals surface area contributed by atoms with Crippen LogP contribution in [0.4, 0.5) is 4.11 Å². The maximum Gasteiger partial charge on any atom is 0.302 e. The summed E-state index contributed by atoms with van der Waals surface area (Å²) in [6.07, 6.45) is 0.671. The largest absolute Gasteiger partial charge is 0.466 e. The number of hydrogen-bond acceptors (Lipinski definition) is 2. The molecular formula is C9H19FO2Si. The third-order valence-electron chi connectivity index (χ3n) is 2.34. The molecule has 0 N–H and O–H groups in total. The number of halogens is 1. The van der Waals surface area contributed by atoms with Crippen molar-refractivity contribution in [3.8, 4) is 0 Å². The highest BCUT2D eigenvalue weighted by molar-refractivity contribution is 6.73. The van der Waals surface area contributed by atoms with E-state index in [9.17, 15) is 8.90 Å². The molecule has 13 heavy (non-hydrogen) atoms. The maximum absolute atomic E-state index is 13.8. The third-order valence-corrected chi connectivity index (χ3v) is 6.13. The molecule has 0 amide bonds. The first-order valence-corrected chi connectivity index (χ1v) is 7.36. The zero-order chi connectivity index (χ0) is 10.3. The van der Waals surface area contributed by atoms with Crippen LogP contribution in [0.5, 0.6) is 0 Å². The van der Waals surface area contributed by atoms with E-state index in [1.807, 2.05) is 13.8 Å². The zero-order valence-corrected chi connectivity index (χ0v) is 9.73. The Morgan fingerprint density at radius 2 is 1.92 bits per heavy atom. The van der Waals surface area contributed by atoms with Crippen molar-refractivity contribution in [3.05, 3.63) is 0 Å².